The van der Waals surface area contributed by atoms with Crippen LogP contribution in [0.5, 0.6) is 5.75 Å². The van der Waals surface area contributed by atoms with Gasteiger partial charge >= 0.3 is 0 Å². The van der Waals surface area contributed by atoms with Crippen molar-refractivity contribution in [2.75, 3.05) is 26.2 Å². The van der Waals surface area contributed by atoms with Gasteiger partial charge in [-0.15, -0.1) is 12.4 Å². The second-order valence-corrected chi connectivity index (χ2v) is 5.79. The lowest BCUT2D eigenvalue weighted by Crippen LogP contribution is -2.48. The van der Waals surface area contributed by atoms with Crippen molar-refractivity contribution in [1.82, 2.24) is 10.6 Å². The van der Waals surface area contributed by atoms with Gasteiger partial charge in [0.15, 0.2) is 0 Å². The number of fused-ring (bicyclic) bond motifs is 1. The summed E-state index contributed by atoms with van der Waals surface area (Å²) in [6.07, 6.45) is 1.90. The van der Waals surface area contributed by atoms with Crippen LogP contribution in [0.3, 0.4) is 0 Å². The van der Waals surface area contributed by atoms with Crippen LogP contribution in [0.2, 0.25) is 0 Å². The average Bonchev–Trinajstić information content (AvgIpc) is 2.35. The summed E-state index contributed by atoms with van der Waals surface area (Å²) < 4.78 is 6.58. The Morgan fingerprint density at radius 1 is 1.45 bits per heavy atom. The minimum atomic E-state index is -0.0301. The molecule has 0 saturated carbocycles. The zero-order valence-corrected chi connectivity index (χ0v) is 13.2. The van der Waals surface area contributed by atoms with Gasteiger partial charge < -0.3 is 15.4 Å². The van der Waals surface area contributed by atoms with E-state index < -0.39 is 0 Å². The maximum Gasteiger partial charge on any atom is 0.250 e. The van der Waals surface area contributed by atoms with E-state index in [1.165, 1.54) is 0 Å². The largest absolute Gasteiger partial charge is 0.488 e. The molecule has 2 heterocycles. The van der Waals surface area contributed by atoms with E-state index in [1.54, 1.807) is 0 Å². The lowest BCUT2D eigenvalue weighted by molar-refractivity contribution is -0.118. The van der Waals surface area contributed by atoms with Crippen LogP contribution in [0.4, 0.5) is 0 Å². The van der Waals surface area contributed by atoms with Crippen LogP contribution in [0.25, 0.3) is 6.08 Å². The molecule has 1 amide bonds. The Bertz CT molecular complexity index is 544. The number of nitrogens with one attached hydrogen (secondary N) is 2. The Hall–Kier alpha value is -1.04. The van der Waals surface area contributed by atoms with Crippen molar-refractivity contribution in [2.24, 2.45) is 5.92 Å². The van der Waals surface area contributed by atoms with E-state index in [9.17, 15) is 4.79 Å². The van der Waals surface area contributed by atoms with Gasteiger partial charge in [0.25, 0.3) is 5.91 Å². The van der Waals surface area contributed by atoms with Crippen molar-refractivity contribution in [1.29, 1.82) is 0 Å². The predicted octanol–water partition coefficient (Wildman–Crippen LogP) is 1.98. The summed E-state index contributed by atoms with van der Waals surface area (Å²) in [7, 11) is 0. The minimum Gasteiger partial charge on any atom is -0.488 e. The highest BCUT2D eigenvalue weighted by molar-refractivity contribution is 9.10. The molecule has 0 spiro atoms. The minimum absolute atomic E-state index is 0. The number of hydrogen-bond acceptors (Lipinski definition) is 3. The average molecular weight is 360 g/mol. The second-order valence-electron chi connectivity index (χ2n) is 4.87. The maximum atomic E-state index is 12.0. The summed E-state index contributed by atoms with van der Waals surface area (Å²) in [5.74, 6) is 1.36. The van der Waals surface area contributed by atoms with Crippen LogP contribution in [0.1, 0.15) is 5.56 Å². The second kappa shape index (κ2) is 6.61. The number of rotatable bonds is 3. The Labute approximate surface area is 132 Å². The molecule has 4 nitrogen and oxygen atoms in total. The van der Waals surface area contributed by atoms with Crippen LogP contribution in [0.15, 0.2) is 28.2 Å². The van der Waals surface area contributed by atoms with Gasteiger partial charge in [-0.1, -0.05) is 15.9 Å². The molecule has 3 rings (SSSR count). The van der Waals surface area contributed by atoms with Gasteiger partial charge in [-0.05, 0) is 24.3 Å². The highest BCUT2D eigenvalue weighted by Gasteiger charge is 2.20. The molecule has 0 aliphatic carbocycles. The maximum absolute atomic E-state index is 12.0. The number of ether oxygens (including phenoxy) is 1. The van der Waals surface area contributed by atoms with Gasteiger partial charge in [0.1, 0.15) is 12.4 Å². The molecule has 2 N–H and O–H groups in total. The predicted molar refractivity (Wildman–Crippen MR) is 84.2 cm³/mol. The first-order valence-electron chi connectivity index (χ1n) is 6.34. The van der Waals surface area contributed by atoms with E-state index in [0.717, 1.165) is 35.4 Å². The molecular weight excluding hydrogens is 344 g/mol. The fourth-order valence-corrected chi connectivity index (χ4v) is 2.50. The molecule has 0 radical (unpaired) electrons. The molecule has 1 aromatic carbocycles. The quantitative estimate of drug-likeness (QED) is 0.868. The third-order valence-electron chi connectivity index (χ3n) is 3.39. The van der Waals surface area contributed by atoms with E-state index in [-0.39, 0.29) is 18.3 Å². The molecule has 0 aromatic heterocycles. The molecule has 1 fully saturated rings. The van der Waals surface area contributed by atoms with Crippen LogP contribution in [0, 0.1) is 5.92 Å². The number of benzene rings is 1. The zero-order valence-electron chi connectivity index (χ0n) is 10.8. The van der Waals surface area contributed by atoms with Gasteiger partial charge in [0.2, 0.25) is 0 Å². The molecule has 0 bridgehead atoms. The zero-order chi connectivity index (χ0) is 13.2. The number of halogens is 2. The van der Waals surface area contributed by atoms with Crippen molar-refractivity contribution in [3.05, 3.63) is 33.8 Å². The molecule has 2 aliphatic heterocycles. The van der Waals surface area contributed by atoms with Gasteiger partial charge in [0, 0.05) is 35.6 Å². The van der Waals surface area contributed by atoms with E-state index >= 15 is 0 Å². The van der Waals surface area contributed by atoms with Crippen LogP contribution < -0.4 is 15.4 Å². The molecular formula is C14H16BrClN2O2. The van der Waals surface area contributed by atoms with Crippen molar-refractivity contribution >= 4 is 40.3 Å². The monoisotopic (exact) mass is 358 g/mol. The highest BCUT2D eigenvalue weighted by Crippen LogP contribution is 2.29. The third-order valence-corrected chi connectivity index (χ3v) is 3.89. The molecule has 0 atom stereocenters. The standard InChI is InChI=1S/C14H15BrN2O2.ClH/c15-12-1-2-13-10(4-12)3-11(8-19-13)14(18)17-7-9-5-16-6-9;/h1-4,9,16H,5-8H2,(H,17,18);1H. The number of amides is 1. The number of carbonyl (C=O) groups is 1. The lowest BCUT2D eigenvalue weighted by atomic mass is 10.0. The van der Waals surface area contributed by atoms with Gasteiger partial charge in [0.05, 0.1) is 5.57 Å². The smallest absolute Gasteiger partial charge is 0.250 e. The molecule has 2 aliphatic rings. The van der Waals surface area contributed by atoms with Crippen molar-refractivity contribution in [2.45, 2.75) is 0 Å². The molecule has 6 heteroatoms. The Balaban J connectivity index is 0.00000147. The SMILES string of the molecule is Cl.O=C(NCC1CNC1)C1=Cc2cc(Br)ccc2OC1. The summed E-state index contributed by atoms with van der Waals surface area (Å²) in [6, 6.07) is 5.80. The van der Waals surface area contributed by atoms with E-state index in [1.807, 2.05) is 24.3 Å². The number of carbonyl (C=O) groups excluding carboxylic acids is 1. The summed E-state index contributed by atoms with van der Waals surface area (Å²) in [5, 5.41) is 6.15. The van der Waals surface area contributed by atoms with Crippen molar-refractivity contribution in [3.8, 4) is 5.75 Å². The molecule has 20 heavy (non-hydrogen) atoms. The summed E-state index contributed by atoms with van der Waals surface area (Å²) in [6.45, 7) is 3.05. The molecule has 0 unspecified atom stereocenters. The van der Waals surface area contributed by atoms with Gasteiger partial charge in [-0.2, -0.15) is 0 Å². The Morgan fingerprint density at radius 3 is 2.95 bits per heavy atom. The van der Waals surface area contributed by atoms with Crippen molar-refractivity contribution in [3.63, 3.8) is 0 Å². The summed E-state index contributed by atoms with van der Waals surface area (Å²) in [4.78, 5) is 12.0. The van der Waals surface area contributed by atoms with Crippen LogP contribution in [-0.2, 0) is 4.79 Å². The summed E-state index contributed by atoms with van der Waals surface area (Å²) >= 11 is 3.42. The molecule has 1 saturated heterocycles. The molecule has 1 aromatic rings. The topological polar surface area (TPSA) is 50.4 Å². The first kappa shape index (κ1) is 15.4. The first-order valence-corrected chi connectivity index (χ1v) is 7.13. The van der Waals surface area contributed by atoms with E-state index in [4.69, 9.17) is 4.74 Å². The first-order chi connectivity index (χ1) is 9.22. The Morgan fingerprint density at radius 2 is 2.25 bits per heavy atom. The van der Waals surface area contributed by atoms with Crippen LogP contribution >= 0.6 is 28.3 Å². The normalized spacial score (nSPS) is 16.9. The fraction of sp³-hybridized carbons (Fsp3) is 0.357. The fourth-order valence-electron chi connectivity index (χ4n) is 2.12. The van der Waals surface area contributed by atoms with Gasteiger partial charge in [-0.3, -0.25) is 4.79 Å². The van der Waals surface area contributed by atoms with Crippen molar-refractivity contribution < 1.29 is 9.53 Å². The summed E-state index contributed by atoms with van der Waals surface area (Å²) in [5.41, 5.74) is 1.62. The van der Waals surface area contributed by atoms with Gasteiger partial charge in [-0.25, -0.2) is 0 Å². The lowest BCUT2D eigenvalue weighted by Gasteiger charge is -2.27. The van der Waals surface area contributed by atoms with Crippen LogP contribution in [-0.4, -0.2) is 32.1 Å². The van der Waals surface area contributed by atoms with E-state index in [2.05, 4.69) is 26.6 Å². The molecule has 108 valence electrons. The third kappa shape index (κ3) is 3.34. The Kier molecular flexibility index (Phi) is 5.07. The van der Waals surface area contributed by atoms with E-state index in [0.29, 0.717) is 18.1 Å². The number of hydrogen-bond donors (Lipinski definition) is 2. The highest BCUT2D eigenvalue weighted by atomic mass is 79.9.